The molecule has 32 heavy (non-hydrogen) atoms. The highest BCUT2D eigenvalue weighted by Gasteiger charge is 2.51. The predicted octanol–water partition coefficient (Wildman–Crippen LogP) is 3.53. The highest BCUT2D eigenvalue weighted by Crippen LogP contribution is 2.41. The van der Waals surface area contributed by atoms with Crippen molar-refractivity contribution in [3.63, 3.8) is 0 Å². The van der Waals surface area contributed by atoms with Gasteiger partial charge in [-0.1, -0.05) is 6.07 Å². The number of carbonyl (C=O) groups excluding carboxylic acids is 1. The maximum absolute atomic E-state index is 14.7. The quantitative estimate of drug-likeness (QED) is 0.621. The number of aliphatic imine (C=N–C) groups is 1. The number of halogens is 5. The first kappa shape index (κ1) is 21.3. The Balaban J connectivity index is 2.03. The zero-order valence-corrected chi connectivity index (χ0v) is 16.4. The summed E-state index contributed by atoms with van der Waals surface area (Å²) >= 11 is 0. The first-order chi connectivity index (χ1) is 15.1. The van der Waals surface area contributed by atoms with Crippen molar-refractivity contribution in [2.75, 3.05) is 7.05 Å². The van der Waals surface area contributed by atoms with Gasteiger partial charge >= 0.3 is 0 Å². The molecular weight excluding hydrogens is 433 g/mol. The number of nitrogens with zero attached hydrogens (tertiary/aromatic N) is 4. The lowest BCUT2D eigenvalue weighted by Crippen LogP contribution is -2.41. The van der Waals surface area contributed by atoms with Gasteiger partial charge < -0.3 is 5.73 Å². The van der Waals surface area contributed by atoms with Gasteiger partial charge in [0.15, 0.2) is 17.6 Å². The molecule has 164 valence electrons. The van der Waals surface area contributed by atoms with Crippen molar-refractivity contribution in [2.24, 2.45) is 10.7 Å². The molecule has 1 aromatic carbocycles. The van der Waals surface area contributed by atoms with Crippen molar-refractivity contribution in [1.82, 2.24) is 14.9 Å². The summed E-state index contributed by atoms with van der Waals surface area (Å²) in [7, 11) is 1.29. The first-order valence-electron chi connectivity index (χ1n) is 9.14. The van der Waals surface area contributed by atoms with E-state index in [9.17, 15) is 26.7 Å². The number of carbonyl (C=O) groups is 1. The van der Waals surface area contributed by atoms with Crippen molar-refractivity contribution in [3.05, 3.63) is 83.2 Å². The number of alkyl halides is 2. The molecule has 0 saturated carbocycles. The largest absolute Gasteiger partial charge is 0.369 e. The molecule has 1 aliphatic heterocycles. The second-order valence-electron chi connectivity index (χ2n) is 7.00. The maximum Gasteiger partial charge on any atom is 0.280 e. The van der Waals surface area contributed by atoms with Crippen LogP contribution >= 0.6 is 0 Å². The Morgan fingerprint density at radius 1 is 1.09 bits per heavy atom. The molecule has 0 radical (unpaired) electrons. The van der Waals surface area contributed by atoms with E-state index in [1.807, 2.05) is 0 Å². The molecule has 0 aliphatic carbocycles. The standard InChI is InChI=1S/C21H14F5N5O/c1-31-19(32)21(30-20(31)27,16-4-2-3-15(29-16)18(25)26)11-6-13(17(24)14(23)7-11)10-5-12(22)9-28-8-10/h2-9,18H,1H3,(H2,27,30). The highest BCUT2D eigenvalue weighted by molar-refractivity contribution is 6.08. The highest BCUT2D eigenvalue weighted by atomic mass is 19.3. The van der Waals surface area contributed by atoms with Crippen LogP contribution < -0.4 is 5.73 Å². The number of hydrogen-bond donors (Lipinski definition) is 1. The normalized spacial score (nSPS) is 18.4. The SMILES string of the molecule is CN1C(=O)C(c2cc(F)c(F)c(-c3cncc(F)c3)c2)(c2cccc(C(F)F)n2)N=C1N. The lowest BCUT2D eigenvalue weighted by Gasteiger charge is -2.26. The monoisotopic (exact) mass is 447 g/mol. The zero-order valence-electron chi connectivity index (χ0n) is 16.4. The van der Waals surface area contributed by atoms with Crippen LogP contribution in [0.2, 0.25) is 0 Å². The molecule has 1 aliphatic rings. The smallest absolute Gasteiger partial charge is 0.280 e. The molecule has 6 nitrogen and oxygen atoms in total. The second-order valence-corrected chi connectivity index (χ2v) is 7.00. The fourth-order valence-electron chi connectivity index (χ4n) is 3.49. The van der Waals surface area contributed by atoms with E-state index in [1.54, 1.807) is 0 Å². The number of guanidine groups is 1. The van der Waals surface area contributed by atoms with Crippen LogP contribution in [-0.4, -0.2) is 33.8 Å². The summed E-state index contributed by atoms with van der Waals surface area (Å²) in [4.78, 5) is 25.8. The Bertz CT molecular complexity index is 1270. The average Bonchev–Trinajstić information content (AvgIpc) is 3.00. The van der Waals surface area contributed by atoms with Gasteiger partial charge in [-0.2, -0.15) is 0 Å². The van der Waals surface area contributed by atoms with Crippen LogP contribution in [0.15, 0.2) is 53.8 Å². The summed E-state index contributed by atoms with van der Waals surface area (Å²) in [6.07, 6.45) is -0.974. The number of aromatic nitrogens is 2. The van der Waals surface area contributed by atoms with Crippen LogP contribution in [-0.2, 0) is 10.3 Å². The fraction of sp³-hybridized carbons (Fsp3) is 0.143. The molecule has 0 spiro atoms. The predicted molar refractivity (Wildman–Crippen MR) is 104 cm³/mol. The third kappa shape index (κ3) is 3.26. The van der Waals surface area contributed by atoms with E-state index in [-0.39, 0.29) is 22.8 Å². The minimum absolute atomic E-state index is 0.108. The third-order valence-electron chi connectivity index (χ3n) is 5.07. The molecule has 2 N–H and O–H groups in total. The Morgan fingerprint density at radius 2 is 1.84 bits per heavy atom. The summed E-state index contributed by atoms with van der Waals surface area (Å²) in [6, 6.07) is 6.24. The summed E-state index contributed by atoms with van der Waals surface area (Å²) in [6.45, 7) is 0. The summed E-state index contributed by atoms with van der Waals surface area (Å²) in [5, 5.41) is 0. The van der Waals surface area contributed by atoms with E-state index in [4.69, 9.17) is 5.73 Å². The fourth-order valence-corrected chi connectivity index (χ4v) is 3.49. The third-order valence-corrected chi connectivity index (χ3v) is 5.07. The molecule has 3 aromatic rings. The molecular formula is C21H14F5N5O. The van der Waals surface area contributed by atoms with E-state index >= 15 is 0 Å². The van der Waals surface area contributed by atoms with Gasteiger partial charge in [0.25, 0.3) is 12.3 Å². The molecule has 1 unspecified atom stereocenters. The Hall–Kier alpha value is -3.89. The minimum Gasteiger partial charge on any atom is -0.369 e. The van der Waals surface area contributed by atoms with Crippen LogP contribution in [0, 0.1) is 17.5 Å². The van der Waals surface area contributed by atoms with E-state index in [0.29, 0.717) is 6.07 Å². The van der Waals surface area contributed by atoms with Gasteiger partial charge in [0, 0.05) is 24.4 Å². The van der Waals surface area contributed by atoms with E-state index in [0.717, 1.165) is 35.5 Å². The van der Waals surface area contributed by atoms with Gasteiger partial charge in [-0.25, -0.2) is 31.9 Å². The van der Waals surface area contributed by atoms with Crippen molar-refractivity contribution >= 4 is 11.9 Å². The van der Waals surface area contributed by atoms with Crippen molar-refractivity contribution in [2.45, 2.75) is 12.0 Å². The van der Waals surface area contributed by atoms with Crippen LogP contribution in [0.25, 0.3) is 11.1 Å². The van der Waals surface area contributed by atoms with Gasteiger partial charge in [-0.3, -0.25) is 14.7 Å². The number of hydrogen-bond acceptors (Lipinski definition) is 5. The van der Waals surface area contributed by atoms with Crippen molar-refractivity contribution < 1.29 is 26.7 Å². The Labute approximate surface area is 178 Å². The van der Waals surface area contributed by atoms with Crippen LogP contribution in [0.4, 0.5) is 22.0 Å². The molecule has 2 aromatic heterocycles. The topological polar surface area (TPSA) is 84.5 Å². The minimum atomic E-state index is -2.96. The van der Waals surface area contributed by atoms with E-state index < -0.39 is 46.6 Å². The molecule has 1 atom stereocenters. The number of rotatable bonds is 4. The number of amides is 1. The van der Waals surface area contributed by atoms with Crippen LogP contribution in [0.3, 0.4) is 0 Å². The van der Waals surface area contributed by atoms with Gasteiger partial charge in [0.1, 0.15) is 11.5 Å². The average molecular weight is 447 g/mol. The number of nitrogens with two attached hydrogens (primary N) is 1. The molecule has 0 bridgehead atoms. The molecule has 1 amide bonds. The lowest BCUT2D eigenvalue weighted by atomic mass is 9.84. The van der Waals surface area contributed by atoms with Crippen molar-refractivity contribution in [1.29, 1.82) is 0 Å². The number of likely N-dealkylation sites (N-methyl/N-ethyl adjacent to an activating group) is 1. The molecule has 0 fully saturated rings. The molecule has 3 heterocycles. The maximum atomic E-state index is 14.7. The first-order valence-corrected chi connectivity index (χ1v) is 9.14. The second kappa shape index (κ2) is 7.66. The van der Waals surface area contributed by atoms with Gasteiger partial charge in [0.2, 0.25) is 5.54 Å². The van der Waals surface area contributed by atoms with Gasteiger partial charge in [-0.05, 0) is 35.9 Å². The van der Waals surface area contributed by atoms with E-state index in [2.05, 4.69) is 15.0 Å². The van der Waals surface area contributed by atoms with Crippen molar-refractivity contribution in [3.8, 4) is 11.1 Å². The zero-order chi connectivity index (χ0) is 23.2. The summed E-state index contributed by atoms with van der Waals surface area (Å²) in [5.74, 6) is -4.59. The van der Waals surface area contributed by atoms with Crippen LogP contribution in [0.1, 0.15) is 23.4 Å². The van der Waals surface area contributed by atoms with Gasteiger partial charge in [0.05, 0.1) is 11.9 Å². The lowest BCUT2D eigenvalue weighted by molar-refractivity contribution is -0.129. The summed E-state index contributed by atoms with van der Waals surface area (Å²) in [5.41, 5.74) is 1.99. The Morgan fingerprint density at radius 3 is 2.47 bits per heavy atom. The number of benzene rings is 1. The van der Waals surface area contributed by atoms with Crippen LogP contribution in [0.5, 0.6) is 0 Å². The van der Waals surface area contributed by atoms with E-state index in [1.165, 1.54) is 19.2 Å². The molecule has 4 rings (SSSR count). The van der Waals surface area contributed by atoms with Gasteiger partial charge in [-0.15, -0.1) is 0 Å². The number of pyridine rings is 2. The molecule has 0 saturated heterocycles. The molecule has 11 heteroatoms. The summed E-state index contributed by atoms with van der Waals surface area (Å²) < 4.78 is 69.5. The Kier molecular flexibility index (Phi) is 5.11.